The van der Waals surface area contributed by atoms with E-state index in [1.165, 1.54) is 6.42 Å². The Labute approximate surface area is 156 Å². The summed E-state index contributed by atoms with van der Waals surface area (Å²) < 4.78 is 5.09. The van der Waals surface area contributed by atoms with Crippen LogP contribution in [0.1, 0.15) is 33.1 Å². The summed E-state index contributed by atoms with van der Waals surface area (Å²) in [6.45, 7) is 4.84. The SMILES string of the molecule is COc1ccc(NC(=O)CN(C)CC(=O)N[C@H]2CCC[C@@H](C)[C@H]2C)cc1. The molecule has 2 amide bonds. The molecule has 0 saturated heterocycles. The molecule has 0 bridgehead atoms. The lowest BCUT2D eigenvalue weighted by Gasteiger charge is -2.34. The van der Waals surface area contributed by atoms with Crippen LogP contribution in [-0.2, 0) is 9.59 Å². The van der Waals surface area contributed by atoms with E-state index in [0.29, 0.717) is 17.5 Å². The van der Waals surface area contributed by atoms with E-state index >= 15 is 0 Å². The highest BCUT2D eigenvalue weighted by Gasteiger charge is 2.28. The molecule has 1 aliphatic carbocycles. The van der Waals surface area contributed by atoms with E-state index in [-0.39, 0.29) is 30.9 Å². The minimum atomic E-state index is -0.148. The van der Waals surface area contributed by atoms with Crippen molar-refractivity contribution in [2.24, 2.45) is 11.8 Å². The molecule has 6 heteroatoms. The molecule has 0 radical (unpaired) electrons. The first-order chi connectivity index (χ1) is 12.4. The van der Waals surface area contributed by atoms with Gasteiger partial charge in [0.1, 0.15) is 5.75 Å². The quantitative estimate of drug-likeness (QED) is 0.783. The Morgan fingerprint density at radius 2 is 1.77 bits per heavy atom. The molecule has 2 rings (SSSR count). The molecule has 0 unspecified atom stereocenters. The molecule has 0 spiro atoms. The van der Waals surface area contributed by atoms with Crippen molar-refractivity contribution in [3.8, 4) is 5.75 Å². The number of rotatable bonds is 7. The van der Waals surface area contributed by atoms with Gasteiger partial charge in [0, 0.05) is 11.7 Å². The van der Waals surface area contributed by atoms with Crippen LogP contribution in [0.3, 0.4) is 0 Å². The molecule has 0 aromatic heterocycles. The maximum atomic E-state index is 12.3. The topological polar surface area (TPSA) is 70.7 Å². The lowest BCUT2D eigenvalue weighted by molar-refractivity contribution is -0.124. The first-order valence-corrected chi connectivity index (χ1v) is 9.31. The fourth-order valence-electron chi connectivity index (χ4n) is 3.46. The van der Waals surface area contributed by atoms with Crippen LogP contribution < -0.4 is 15.4 Å². The summed E-state index contributed by atoms with van der Waals surface area (Å²) >= 11 is 0. The van der Waals surface area contributed by atoms with Gasteiger partial charge < -0.3 is 15.4 Å². The van der Waals surface area contributed by atoms with Crippen molar-refractivity contribution >= 4 is 17.5 Å². The Morgan fingerprint density at radius 1 is 1.12 bits per heavy atom. The second-order valence-electron chi connectivity index (χ2n) is 7.39. The van der Waals surface area contributed by atoms with Crippen molar-refractivity contribution in [3.63, 3.8) is 0 Å². The summed E-state index contributed by atoms with van der Waals surface area (Å²) in [4.78, 5) is 26.1. The van der Waals surface area contributed by atoms with Crippen molar-refractivity contribution in [3.05, 3.63) is 24.3 Å². The Hall–Kier alpha value is -2.08. The largest absolute Gasteiger partial charge is 0.497 e. The van der Waals surface area contributed by atoms with E-state index in [2.05, 4.69) is 24.5 Å². The number of benzene rings is 1. The van der Waals surface area contributed by atoms with E-state index in [1.54, 1.807) is 43.3 Å². The molecule has 1 fully saturated rings. The Bertz CT molecular complexity index is 603. The van der Waals surface area contributed by atoms with Gasteiger partial charge in [-0.3, -0.25) is 14.5 Å². The maximum absolute atomic E-state index is 12.3. The second-order valence-corrected chi connectivity index (χ2v) is 7.39. The van der Waals surface area contributed by atoms with Crippen LogP contribution in [0.15, 0.2) is 24.3 Å². The van der Waals surface area contributed by atoms with Gasteiger partial charge in [-0.2, -0.15) is 0 Å². The average molecular weight is 361 g/mol. The summed E-state index contributed by atoms with van der Waals surface area (Å²) in [6, 6.07) is 7.40. The summed E-state index contributed by atoms with van der Waals surface area (Å²) in [5.74, 6) is 1.71. The molecule has 26 heavy (non-hydrogen) atoms. The molecule has 0 aliphatic heterocycles. The Kier molecular flexibility index (Phi) is 7.45. The van der Waals surface area contributed by atoms with Gasteiger partial charge in [-0.05, 0) is 49.6 Å². The molecule has 144 valence electrons. The minimum Gasteiger partial charge on any atom is -0.497 e. The fourth-order valence-corrected chi connectivity index (χ4v) is 3.46. The van der Waals surface area contributed by atoms with Crippen LogP contribution in [-0.4, -0.2) is 50.0 Å². The smallest absolute Gasteiger partial charge is 0.238 e. The first kappa shape index (κ1) is 20.2. The number of hydrogen-bond acceptors (Lipinski definition) is 4. The maximum Gasteiger partial charge on any atom is 0.238 e. The lowest BCUT2D eigenvalue weighted by Crippen LogP contribution is -2.47. The van der Waals surface area contributed by atoms with Crippen molar-refractivity contribution < 1.29 is 14.3 Å². The number of nitrogens with one attached hydrogen (secondary N) is 2. The minimum absolute atomic E-state index is 0.0179. The molecule has 1 aromatic carbocycles. The Morgan fingerprint density at radius 3 is 2.42 bits per heavy atom. The van der Waals surface area contributed by atoms with Crippen LogP contribution >= 0.6 is 0 Å². The summed E-state index contributed by atoms with van der Waals surface area (Å²) in [5, 5.41) is 5.96. The third-order valence-electron chi connectivity index (χ3n) is 5.25. The number of hydrogen-bond donors (Lipinski definition) is 2. The van der Waals surface area contributed by atoms with Crippen molar-refractivity contribution in [1.29, 1.82) is 0 Å². The highest BCUT2D eigenvalue weighted by Crippen LogP contribution is 2.29. The summed E-state index contributed by atoms with van der Waals surface area (Å²) in [7, 11) is 3.38. The molecule has 1 saturated carbocycles. The molecular formula is C20H31N3O3. The number of carbonyl (C=O) groups excluding carboxylic acids is 2. The van der Waals surface area contributed by atoms with Gasteiger partial charge in [0.15, 0.2) is 0 Å². The highest BCUT2D eigenvalue weighted by molar-refractivity contribution is 5.92. The number of methoxy groups -OCH3 is 1. The van der Waals surface area contributed by atoms with E-state index in [9.17, 15) is 9.59 Å². The second kappa shape index (κ2) is 9.57. The predicted molar refractivity (Wildman–Crippen MR) is 103 cm³/mol. The number of likely N-dealkylation sites (N-methyl/N-ethyl adjacent to an activating group) is 1. The van der Waals surface area contributed by atoms with Gasteiger partial charge in [0.25, 0.3) is 0 Å². The number of nitrogens with zero attached hydrogens (tertiary/aromatic N) is 1. The van der Waals surface area contributed by atoms with Crippen LogP contribution in [0.2, 0.25) is 0 Å². The molecular weight excluding hydrogens is 330 g/mol. The van der Waals surface area contributed by atoms with Crippen molar-refractivity contribution in [2.45, 2.75) is 39.2 Å². The highest BCUT2D eigenvalue weighted by atomic mass is 16.5. The van der Waals surface area contributed by atoms with Gasteiger partial charge in [0.05, 0.1) is 20.2 Å². The Balaban J connectivity index is 1.75. The molecule has 0 heterocycles. The molecule has 1 aromatic rings. The molecule has 1 aliphatic rings. The van der Waals surface area contributed by atoms with Gasteiger partial charge in [-0.15, -0.1) is 0 Å². The summed E-state index contributed by atoms with van der Waals surface area (Å²) in [6.07, 6.45) is 3.44. The monoisotopic (exact) mass is 361 g/mol. The van der Waals surface area contributed by atoms with Crippen LogP contribution in [0, 0.1) is 11.8 Å². The van der Waals surface area contributed by atoms with E-state index < -0.39 is 0 Å². The zero-order chi connectivity index (χ0) is 19.1. The zero-order valence-corrected chi connectivity index (χ0v) is 16.2. The number of amides is 2. The predicted octanol–water partition coefficient (Wildman–Crippen LogP) is 2.51. The van der Waals surface area contributed by atoms with E-state index in [1.807, 2.05) is 0 Å². The van der Waals surface area contributed by atoms with Crippen LogP contribution in [0.5, 0.6) is 5.75 Å². The van der Waals surface area contributed by atoms with E-state index in [4.69, 9.17) is 4.74 Å². The zero-order valence-electron chi connectivity index (χ0n) is 16.2. The van der Waals surface area contributed by atoms with Crippen LogP contribution in [0.4, 0.5) is 5.69 Å². The molecule has 2 N–H and O–H groups in total. The molecule has 3 atom stereocenters. The van der Waals surface area contributed by atoms with Crippen molar-refractivity contribution in [2.75, 3.05) is 32.6 Å². The molecule has 6 nitrogen and oxygen atoms in total. The summed E-state index contributed by atoms with van der Waals surface area (Å²) in [5.41, 5.74) is 0.707. The third-order valence-corrected chi connectivity index (χ3v) is 5.25. The third kappa shape index (κ3) is 6.02. The fraction of sp³-hybridized carbons (Fsp3) is 0.600. The van der Waals surface area contributed by atoms with Gasteiger partial charge >= 0.3 is 0 Å². The first-order valence-electron chi connectivity index (χ1n) is 9.31. The number of carbonyl (C=O) groups is 2. The van der Waals surface area contributed by atoms with Gasteiger partial charge in [-0.1, -0.05) is 26.7 Å². The normalized spacial score (nSPS) is 22.7. The van der Waals surface area contributed by atoms with Gasteiger partial charge in [0.2, 0.25) is 11.8 Å². The average Bonchev–Trinajstić information content (AvgIpc) is 2.59. The van der Waals surface area contributed by atoms with Crippen LogP contribution in [0.25, 0.3) is 0 Å². The number of ether oxygens (including phenoxy) is 1. The van der Waals surface area contributed by atoms with Gasteiger partial charge in [-0.25, -0.2) is 0 Å². The van der Waals surface area contributed by atoms with Crippen molar-refractivity contribution in [1.82, 2.24) is 10.2 Å². The standard InChI is InChI=1S/C20H31N3O3/c1-14-6-5-7-18(15(14)2)22-20(25)13-23(3)12-19(24)21-16-8-10-17(26-4)11-9-16/h8-11,14-15,18H,5-7,12-13H2,1-4H3,(H,21,24)(H,22,25)/t14-,15-,18+/m1/s1. The number of anilines is 1. The van der Waals surface area contributed by atoms with E-state index in [0.717, 1.165) is 18.6 Å². The lowest BCUT2D eigenvalue weighted by atomic mass is 9.78.